The van der Waals surface area contributed by atoms with Crippen LogP contribution in [-0.4, -0.2) is 41.0 Å². The van der Waals surface area contributed by atoms with Crippen molar-refractivity contribution in [2.24, 2.45) is 0 Å². The van der Waals surface area contributed by atoms with Crippen molar-refractivity contribution in [1.82, 2.24) is 14.4 Å². The van der Waals surface area contributed by atoms with Crippen LogP contribution in [0.3, 0.4) is 0 Å². The molecule has 21 heavy (non-hydrogen) atoms. The summed E-state index contributed by atoms with van der Waals surface area (Å²) in [5, 5.41) is 12.7. The minimum Gasteiger partial charge on any atom is -0.476 e. The van der Waals surface area contributed by atoms with Crippen molar-refractivity contribution in [3.63, 3.8) is 0 Å². The molecule has 2 heterocycles. The molecule has 0 radical (unpaired) electrons. The van der Waals surface area contributed by atoms with E-state index in [2.05, 4.69) is 10.1 Å². The first-order chi connectivity index (χ1) is 9.75. The summed E-state index contributed by atoms with van der Waals surface area (Å²) in [4.78, 5) is 14.6. The lowest BCUT2D eigenvalue weighted by molar-refractivity contribution is 0.0687. The third-order valence-corrected chi connectivity index (χ3v) is 6.09. The number of hydrogen-bond acceptors (Lipinski definition) is 7. The molecule has 0 aliphatic rings. The second-order valence-electron chi connectivity index (χ2n) is 4.36. The Labute approximate surface area is 125 Å². The smallest absolute Gasteiger partial charge is 0.356 e. The predicted octanol–water partition coefficient (Wildman–Crippen LogP) is 1.27. The van der Waals surface area contributed by atoms with E-state index in [1.165, 1.54) is 12.6 Å². The maximum Gasteiger partial charge on any atom is 0.356 e. The van der Waals surface area contributed by atoms with E-state index in [4.69, 9.17) is 9.63 Å². The van der Waals surface area contributed by atoms with Gasteiger partial charge >= 0.3 is 5.97 Å². The molecule has 0 aliphatic carbocycles. The van der Waals surface area contributed by atoms with Crippen LogP contribution in [0.25, 0.3) is 0 Å². The fraction of sp³-hybridized carbons (Fsp3) is 0.364. The number of hydrogen-bond donors (Lipinski definition) is 1. The summed E-state index contributed by atoms with van der Waals surface area (Å²) in [5.41, 5.74) is 1.98. The minimum atomic E-state index is -3.94. The number of carbonyl (C=O) groups is 1. The number of nitrogens with zero attached hydrogens (tertiary/aromatic N) is 3. The molecule has 1 N–H and O–H groups in total. The van der Waals surface area contributed by atoms with Crippen LogP contribution in [0.15, 0.2) is 14.2 Å². The van der Waals surface area contributed by atoms with Gasteiger partial charge in [-0.15, -0.1) is 11.3 Å². The quantitative estimate of drug-likeness (QED) is 0.877. The van der Waals surface area contributed by atoms with E-state index in [-0.39, 0.29) is 10.8 Å². The summed E-state index contributed by atoms with van der Waals surface area (Å²) in [5.74, 6) is -0.849. The average molecular weight is 331 g/mol. The molecule has 10 heteroatoms. The summed E-state index contributed by atoms with van der Waals surface area (Å²) in [6.45, 7) is 3.44. The number of carboxylic acid groups (broad SMARTS) is 1. The number of aryl methyl sites for hydroxylation is 2. The Morgan fingerprint density at radius 2 is 2.14 bits per heavy atom. The molecule has 0 fully saturated rings. The molecule has 2 rings (SSSR count). The van der Waals surface area contributed by atoms with E-state index in [1.807, 2.05) is 0 Å². The van der Waals surface area contributed by atoms with Crippen molar-refractivity contribution in [1.29, 1.82) is 0 Å². The molecule has 0 atom stereocenters. The maximum absolute atomic E-state index is 12.4. The molecule has 8 nitrogen and oxygen atoms in total. The highest BCUT2D eigenvalue weighted by atomic mass is 32.2. The molecule has 114 valence electrons. The third-order valence-electron chi connectivity index (χ3n) is 2.94. The maximum atomic E-state index is 12.4. The summed E-state index contributed by atoms with van der Waals surface area (Å²) in [6, 6.07) is 0. The monoisotopic (exact) mass is 331 g/mol. The Balaban J connectivity index is 2.35. The molecule has 0 saturated heterocycles. The summed E-state index contributed by atoms with van der Waals surface area (Å²) in [6.07, 6.45) is 0. The van der Waals surface area contributed by atoms with E-state index in [9.17, 15) is 13.2 Å². The first-order valence-corrected chi connectivity index (χ1v) is 8.12. The predicted molar refractivity (Wildman–Crippen MR) is 73.7 cm³/mol. The van der Waals surface area contributed by atoms with Gasteiger partial charge in [0, 0.05) is 19.2 Å². The number of carboxylic acids is 1. The molecule has 2 aromatic heterocycles. The third kappa shape index (κ3) is 2.82. The van der Waals surface area contributed by atoms with Crippen molar-refractivity contribution >= 4 is 27.3 Å². The van der Waals surface area contributed by atoms with E-state index >= 15 is 0 Å². The molecule has 0 aliphatic heterocycles. The standard InChI is InChI=1S/C11H13N3O5S2/c1-6-8(7(2)19-13-6)4-14(3)21(17,18)11-9(10(15)16)12-5-20-11/h5H,4H2,1-3H3,(H,15,16). The fourth-order valence-corrected chi connectivity index (χ4v) is 4.21. The van der Waals surface area contributed by atoms with Gasteiger partial charge in [0.1, 0.15) is 5.76 Å². The van der Waals surface area contributed by atoms with Gasteiger partial charge in [0.25, 0.3) is 10.0 Å². The molecule has 0 aromatic carbocycles. The summed E-state index contributed by atoms with van der Waals surface area (Å²) < 4.78 is 30.7. The normalized spacial score (nSPS) is 12.0. The van der Waals surface area contributed by atoms with Crippen LogP contribution in [0.5, 0.6) is 0 Å². The first-order valence-electron chi connectivity index (χ1n) is 5.80. The van der Waals surface area contributed by atoms with E-state index in [0.717, 1.165) is 15.6 Å². The average Bonchev–Trinajstić information content (AvgIpc) is 3.01. The number of aromatic carboxylic acids is 1. The van der Waals surface area contributed by atoms with Gasteiger partial charge in [-0.3, -0.25) is 0 Å². The van der Waals surface area contributed by atoms with Crippen LogP contribution >= 0.6 is 11.3 Å². The lowest BCUT2D eigenvalue weighted by atomic mass is 10.2. The first kappa shape index (κ1) is 15.6. The molecule has 0 bridgehead atoms. The number of thiazole rings is 1. The van der Waals surface area contributed by atoms with Gasteiger partial charge < -0.3 is 9.63 Å². The molecule has 0 unspecified atom stereocenters. The Kier molecular flexibility index (Phi) is 4.12. The fourth-order valence-electron chi connectivity index (χ4n) is 1.74. The number of aromatic nitrogens is 2. The van der Waals surface area contributed by atoms with Crippen molar-refractivity contribution in [3.05, 3.63) is 28.2 Å². The Hall–Kier alpha value is -1.78. The van der Waals surface area contributed by atoms with Crippen molar-refractivity contribution < 1.29 is 22.8 Å². The molecule has 0 spiro atoms. The Morgan fingerprint density at radius 3 is 2.67 bits per heavy atom. The Bertz CT molecular complexity index is 758. The van der Waals surface area contributed by atoms with E-state index in [0.29, 0.717) is 17.0 Å². The summed E-state index contributed by atoms with van der Waals surface area (Å²) in [7, 11) is -2.57. The van der Waals surface area contributed by atoms with E-state index < -0.39 is 21.7 Å². The Morgan fingerprint density at radius 1 is 1.48 bits per heavy atom. The van der Waals surface area contributed by atoms with Gasteiger partial charge in [0.05, 0.1) is 11.2 Å². The van der Waals surface area contributed by atoms with Crippen LogP contribution in [0.1, 0.15) is 27.5 Å². The highest BCUT2D eigenvalue weighted by molar-refractivity contribution is 7.91. The van der Waals surface area contributed by atoms with Crippen molar-refractivity contribution in [2.75, 3.05) is 7.05 Å². The SMILES string of the molecule is Cc1noc(C)c1CN(C)S(=O)(=O)c1scnc1C(=O)O. The van der Waals surface area contributed by atoms with Crippen LogP contribution in [0.4, 0.5) is 0 Å². The largest absolute Gasteiger partial charge is 0.476 e. The van der Waals surface area contributed by atoms with E-state index in [1.54, 1.807) is 13.8 Å². The lowest BCUT2D eigenvalue weighted by Crippen LogP contribution is -2.27. The molecule has 0 amide bonds. The van der Waals surface area contributed by atoms with Crippen LogP contribution in [0, 0.1) is 13.8 Å². The highest BCUT2D eigenvalue weighted by Crippen LogP contribution is 2.25. The second kappa shape index (κ2) is 5.54. The molecule has 2 aromatic rings. The van der Waals surface area contributed by atoms with Crippen LogP contribution in [-0.2, 0) is 16.6 Å². The van der Waals surface area contributed by atoms with Gasteiger partial charge in [-0.1, -0.05) is 5.16 Å². The van der Waals surface area contributed by atoms with Gasteiger partial charge in [0.15, 0.2) is 9.90 Å². The van der Waals surface area contributed by atoms with Crippen LogP contribution in [0.2, 0.25) is 0 Å². The zero-order chi connectivity index (χ0) is 15.8. The lowest BCUT2D eigenvalue weighted by Gasteiger charge is -2.16. The van der Waals surface area contributed by atoms with Gasteiger partial charge in [-0.05, 0) is 13.8 Å². The van der Waals surface area contributed by atoms with Gasteiger partial charge in [0.2, 0.25) is 0 Å². The molecular formula is C11H13N3O5S2. The second-order valence-corrected chi connectivity index (χ2v) is 7.45. The number of rotatable bonds is 5. The number of sulfonamides is 1. The zero-order valence-corrected chi connectivity index (χ0v) is 13.2. The van der Waals surface area contributed by atoms with Crippen molar-refractivity contribution in [2.45, 2.75) is 24.6 Å². The van der Waals surface area contributed by atoms with Crippen molar-refractivity contribution in [3.8, 4) is 0 Å². The molecule has 0 saturated carbocycles. The highest BCUT2D eigenvalue weighted by Gasteiger charge is 2.30. The topological polar surface area (TPSA) is 114 Å². The molecular weight excluding hydrogens is 318 g/mol. The minimum absolute atomic E-state index is 0.0421. The van der Waals surface area contributed by atoms with Crippen LogP contribution < -0.4 is 0 Å². The zero-order valence-electron chi connectivity index (χ0n) is 11.5. The van der Waals surface area contributed by atoms with Gasteiger partial charge in [-0.25, -0.2) is 18.2 Å². The summed E-state index contributed by atoms with van der Waals surface area (Å²) >= 11 is 0.774. The van der Waals surface area contributed by atoms with Gasteiger partial charge in [-0.2, -0.15) is 4.31 Å².